The number of nitrogens with zero attached hydrogens (tertiary/aromatic N) is 4. The van der Waals surface area contributed by atoms with Crippen LogP contribution in [0.1, 0.15) is 17.4 Å². The lowest BCUT2D eigenvalue weighted by molar-refractivity contribution is 0.0521. The van der Waals surface area contributed by atoms with Crippen LogP contribution in [0.2, 0.25) is 5.02 Å². The number of ether oxygens (including phenoxy) is 1. The second-order valence-corrected chi connectivity index (χ2v) is 4.86. The second-order valence-electron chi connectivity index (χ2n) is 4.42. The Labute approximate surface area is 123 Å². The van der Waals surface area contributed by atoms with Gasteiger partial charge in [0.25, 0.3) is 5.56 Å². The first-order valence-electron chi connectivity index (χ1n) is 6.25. The molecule has 0 fully saturated rings. The smallest absolute Gasteiger partial charge is 0.362 e. The molecule has 0 atom stereocenters. The van der Waals surface area contributed by atoms with Gasteiger partial charge < -0.3 is 4.74 Å². The van der Waals surface area contributed by atoms with Crippen LogP contribution < -0.4 is 5.56 Å². The molecule has 3 aromatic rings. The number of aromatic nitrogens is 4. The highest BCUT2D eigenvalue weighted by Gasteiger charge is 2.21. The predicted octanol–water partition coefficient (Wildman–Crippen LogP) is 1.41. The van der Waals surface area contributed by atoms with E-state index in [2.05, 4.69) is 10.3 Å². The standard InChI is InChI=1S/C13H11ClN4O3/c1-3-21-13(20)10-11-17(2)12(19)8-5-4-7(14)6-9(8)18(11)16-15-10/h4-6H,3H2,1-2H3. The predicted molar refractivity (Wildman–Crippen MR) is 76.7 cm³/mol. The maximum absolute atomic E-state index is 12.4. The molecule has 0 aliphatic rings. The summed E-state index contributed by atoms with van der Waals surface area (Å²) >= 11 is 5.97. The average Bonchev–Trinajstić information content (AvgIpc) is 2.90. The Morgan fingerprint density at radius 2 is 2.19 bits per heavy atom. The highest BCUT2D eigenvalue weighted by molar-refractivity contribution is 6.31. The van der Waals surface area contributed by atoms with E-state index in [-0.39, 0.29) is 23.5 Å². The molecular weight excluding hydrogens is 296 g/mol. The van der Waals surface area contributed by atoms with Crippen molar-refractivity contribution < 1.29 is 9.53 Å². The molecule has 3 rings (SSSR count). The summed E-state index contributed by atoms with van der Waals surface area (Å²) in [5.74, 6) is -0.621. The summed E-state index contributed by atoms with van der Waals surface area (Å²) in [6.07, 6.45) is 0. The van der Waals surface area contributed by atoms with Gasteiger partial charge in [-0.15, -0.1) is 5.10 Å². The minimum absolute atomic E-state index is 0.00155. The Bertz CT molecular complexity index is 928. The van der Waals surface area contributed by atoms with Crippen molar-refractivity contribution in [3.8, 4) is 0 Å². The van der Waals surface area contributed by atoms with Crippen LogP contribution in [0.15, 0.2) is 23.0 Å². The molecule has 0 unspecified atom stereocenters. The van der Waals surface area contributed by atoms with Crippen molar-refractivity contribution in [3.63, 3.8) is 0 Å². The van der Waals surface area contributed by atoms with Crippen LogP contribution in [0.25, 0.3) is 16.6 Å². The lowest BCUT2D eigenvalue weighted by Crippen LogP contribution is -2.21. The molecule has 1 aromatic carbocycles. The molecule has 0 saturated heterocycles. The maximum atomic E-state index is 12.4. The van der Waals surface area contributed by atoms with E-state index in [4.69, 9.17) is 16.3 Å². The van der Waals surface area contributed by atoms with Gasteiger partial charge in [-0.2, -0.15) is 4.52 Å². The van der Waals surface area contributed by atoms with Gasteiger partial charge in [0.1, 0.15) is 0 Å². The molecular formula is C13H11ClN4O3. The van der Waals surface area contributed by atoms with Crippen molar-refractivity contribution in [2.45, 2.75) is 6.92 Å². The SMILES string of the molecule is CCOC(=O)c1nnn2c3cc(Cl)ccc3c(=O)n(C)c12. The van der Waals surface area contributed by atoms with Crippen molar-refractivity contribution in [2.75, 3.05) is 6.61 Å². The number of hydrogen-bond acceptors (Lipinski definition) is 5. The molecule has 7 nitrogen and oxygen atoms in total. The molecule has 0 N–H and O–H groups in total. The molecule has 8 heteroatoms. The molecule has 0 aliphatic carbocycles. The van der Waals surface area contributed by atoms with Gasteiger partial charge in [-0.05, 0) is 25.1 Å². The van der Waals surface area contributed by atoms with Crippen LogP contribution in [-0.2, 0) is 11.8 Å². The molecule has 0 aliphatic heterocycles. The summed E-state index contributed by atoms with van der Waals surface area (Å²) in [5.41, 5.74) is 0.497. The zero-order valence-electron chi connectivity index (χ0n) is 11.3. The Balaban J connectivity index is 2.45. The second kappa shape index (κ2) is 4.85. The number of aryl methyl sites for hydroxylation is 1. The molecule has 21 heavy (non-hydrogen) atoms. The van der Waals surface area contributed by atoms with E-state index in [0.29, 0.717) is 15.9 Å². The first-order valence-corrected chi connectivity index (χ1v) is 6.63. The summed E-state index contributed by atoms with van der Waals surface area (Å²) < 4.78 is 7.66. The van der Waals surface area contributed by atoms with Gasteiger partial charge in [0.15, 0.2) is 5.65 Å². The fraction of sp³-hybridized carbons (Fsp3) is 0.231. The summed E-state index contributed by atoms with van der Waals surface area (Å²) in [6, 6.07) is 4.85. The van der Waals surface area contributed by atoms with Crippen molar-refractivity contribution in [3.05, 3.63) is 39.3 Å². The molecule has 0 saturated carbocycles. The van der Waals surface area contributed by atoms with Crippen LogP contribution in [0.3, 0.4) is 0 Å². The number of hydrogen-bond donors (Lipinski definition) is 0. The van der Waals surface area contributed by atoms with Crippen LogP contribution in [0, 0.1) is 0 Å². The highest BCUT2D eigenvalue weighted by Crippen LogP contribution is 2.19. The fourth-order valence-corrected chi connectivity index (χ4v) is 2.38. The van der Waals surface area contributed by atoms with Gasteiger partial charge in [-0.3, -0.25) is 9.36 Å². The summed E-state index contributed by atoms with van der Waals surface area (Å²) in [4.78, 5) is 24.3. The minimum Gasteiger partial charge on any atom is -0.461 e. The molecule has 0 spiro atoms. The number of fused-ring (bicyclic) bond motifs is 3. The quantitative estimate of drug-likeness (QED) is 0.669. The zero-order valence-corrected chi connectivity index (χ0v) is 12.1. The van der Waals surface area contributed by atoms with Crippen molar-refractivity contribution in [1.29, 1.82) is 0 Å². The number of carbonyl (C=O) groups is 1. The molecule has 2 heterocycles. The van der Waals surface area contributed by atoms with Crippen LogP contribution >= 0.6 is 11.6 Å². The van der Waals surface area contributed by atoms with Crippen molar-refractivity contribution >= 4 is 34.1 Å². The van der Waals surface area contributed by atoms with E-state index >= 15 is 0 Å². The molecule has 0 bridgehead atoms. The Morgan fingerprint density at radius 1 is 1.43 bits per heavy atom. The molecule has 2 aromatic heterocycles. The first-order chi connectivity index (χ1) is 10.0. The number of carbonyl (C=O) groups excluding carboxylic acids is 1. The topological polar surface area (TPSA) is 78.5 Å². The third kappa shape index (κ3) is 1.97. The number of esters is 1. The van der Waals surface area contributed by atoms with E-state index in [1.54, 1.807) is 32.2 Å². The highest BCUT2D eigenvalue weighted by atomic mass is 35.5. The largest absolute Gasteiger partial charge is 0.461 e. The van der Waals surface area contributed by atoms with E-state index in [1.165, 1.54) is 9.08 Å². The molecule has 0 radical (unpaired) electrons. The van der Waals surface area contributed by atoms with E-state index < -0.39 is 5.97 Å². The summed E-state index contributed by atoms with van der Waals surface area (Å²) in [7, 11) is 1.55. The minimum atomic E-state index is -0.621. The lowest BCUT2D eigenvalue weighted by atomic mass is 10.2. The van der Waals surface area contributed by atoms with Gasteiger partial charge in [-0.1, -0.05) is 16.8 Å². The Kier molecular flexibility index (Phi) is 3.13. The molecule has 0 amide bonds. The van der Waals surface area contributed by atoms with Gasteiger partial charge >= 0.3 is 5.97 Å². The normalized spacial score (nSPS) is 11.2. The number of benzene rings is 1. The Hall–Kier alpha value is -2.41. The van der Waals surface area contributed by atoms with Crippen molar-refractivity contribution in [1.82, 2.24) is 19.4 Å². The average molecular weight is 307 g/mol. The lowest BCUT2D eigenvalue weighted by Gasteiger charge is -2.07. The number of rotatable bonds is 2. The Morgan fingerprint density at radius 3 is 2.90 bits per heavy atom. The monoisotopic (exact) mass is 306 g/mol. The van der Waals surface area contributed by atoms with Crippen molar-refractivity contribution in [2.24, 2.45) is 7.05 Å². The van der Waals surface area contributed by atoms with E-state index in [9.17, 15) is 9.59 Å². The molecule has 108 valence electrons. The van der Waals surface area contributed by atoms with Crippen LogP contribution in [-0.4, -0.2) is 32.0 Å². The van der Waals surface area contributed by atoms with Crippen LogP contribution in [0.5, 0.6) is 0 Å². The third-order valence-corrected chi connectivity index (χ3v) is 3.39. The van der Waals surface area contributed by atoms with Gasteiger partial charge in [0.05, 0.1) is 17.5 Å². The number of halogens is 1. The summed E-state index contributed by atoms with van der Waals surface area (Å²) in [6.45, 7) is 1.91. The fourth-order valence-electron chi connectivity index (χ4n) is 2.21. The van der Waals surface area contributed by atoms with Gasteiger partial charge in [0, 0.05) is 12.1 Å². The maximum Gasteiger partial charge on any atom is 0.362 e. The van der Waals surface area contributed by atoms with Gasteiger partial charge in [-0.25, -0.2) is 4.79 Å². The van der Waals surface area contributed by atoms with Crippen LogP contribution in [0.4, 0.5) is 0 Å². The van der Waals surface area contributed by atoms with E-state index in [1.807, 2.05) is 0 Å². The van der Waals surface area contributed by atoms with Gasteiger partial charge in [0.2, 0.25) is 5.69 Å². The zero-order chi connectivity index (χ0) is 15.1. The summed E-state index contributed by atoms with van der Waals surface area (Å²) in [5, 5.41) is 8.67. The first kappa shape index (κ1) is 13.6. The third-order valence-electron chi connectivity index (χ3n) is 3.16. The van der Waals surface area contributed by atoms with E-state index in [0.717, 1.165) is 0 Å².